The molecule has 8 rings (SSSR count). The highest BCUT2D eigenvalue weighted by Gasteiger charge is 2.44. The number of carbonyl (C=O) groups excluding carboxylic acids is 6. The van der Waals surface area contributed by atoms with Crippen molar-refractivity contribution in [2.24, 2.45) is 28.4 Å². The number of para-hydroxylation sites is 2. The summed E-state index contributed by atoms with van der Waals surface area (Å²) in [5.74, 6) is -4.00. The molecule has 0 radical (unpaired) electrons. The molecule has 0 spiro atoms. The molecular weight excluding hydrogens is 1760 g/mol. The van der Waals surface area contributed by atoms with E-state index in [9.17, 15) is 64.3 Å². The fourth-order valence-electron chi connectivity index (χ4n) is 15.4. The van der Waals surface area contributed by atoms with Crippen LogP contribution in [-0.4, -0.2) is 258 Å². The second-order valence-corrected chi connectivity index (χ2v) is 36.6. The Morgan fingerprint density at radius 1 is 0.571 bits per heavy atom. The van der Waals surface area contributed by atoms with Gasteiger partial charge in [-0.25, -0.2) is 13.1 Å². The minimum absolute atomic E-state index is 0.0422. The summed E-state index contributed by atoms with van der Waals surface area (Å²) in [6, 6.07) is 26.2. The average molecular weight is 1890 g/mol. The van der Waals surface area contributed by atoms with Crippen molar-refractivity contribution in [1.82, 2.24) is 41.6 Å². The highest BCUT2D eigenvalue weighted by molar-refractivity contribution is 7.86. The van der Waals surface area contributed by atoms with E-state index in [1.165, 1.54) is 17.7 Å². The van der Waals surface area contributed by atoms with Gasteiger partial charge in [-0.2, -0.15) is 13.0 Å². The van der Waals surface area contributed by atoms with Gasteiger partial charge in [-0.3, -0.25) is 42.9 Å². The van der Waals surface area contributed by atoms with Crippen LogP contribution in [0.1, 0.15) is 167 Å². The standard InChI is InChI=1S/C73H96N10O15S2.C20H38N6O7/c1-52(22-18-19-37-75-66(85)35-33-59(74)71(88)89)70(87)77-39-43-96-45-47-98-48-46-97-44-42-83-69-56-25-14-16-27-60(56)82(51-53-23-12-13-24-55(53)68(69)78-79-83)67(86)36-38-76-65(84)31-11-6-7-20-40-80-61-28-17-15-26-57(61)72(2,3)63(80)29-9-8-10-30-64-73(4,5)58-50-54(100(93,94)95)32-34-62(58)81(64)41-21-49-99(90,91)92;1-16(4-2-3-7-23-18(27)6-5-17(21)20(29)30)19(28)24-8-10-31-12-14-33-15-13-32-11-9-25-26-22/h8-10,12-17,23-30,32,34,50,52,59H,6-7,11,18-22,31,33,35-49,51,74H2,1-5H3,(H5-,75,76,77,84,85,87,88,89,90,91,92,93,94,95);16-17H,2-15,21H2,1H3,(H,23,27)(H,24,28)(H,29,30)/t52?,59-;16?,17-/m00/s1. The summed E-state index contributed by atoms with van der Waals surface area (Å²) in [6.45, 7) is 20.2. The van der Waals surface area contributed by atoms with E-state index >= 15 is 0 Å². The number of aromatic nitrogens is 3. The molecule has 0 aliphatic carbocycles. The molecule has 3 aliphatic heterocycles. The van der Waals surface area contributed by atoms with Crippen molar-refractivity contribution in [3.63, 3.8) is 0 Å². The molecule has 1 aromatic heterocycles. The quantitative estimate of drug-likeness (QED) is 0.00330. The van der Waals surface area contributed by atoms with Gasteiger partial charge in [-0.05, 0) is 119 Å². The molecule has 2 unspecified atom stereocenters. The first-order valence-corrected chi connectivity index (χ1v) is 48.5. The van der Waals surface area contributed by atoms with E-state index in [2.05, 4.69) is 83.6 Å². The summed E-state index contributed by atoms with van der Waals surface area (Å²) in [6.07, 6.45) is 18.2. The molecule has 38 nitrogen and oxygen atoms in total. The number of allylic oxidation sites excluding steroid dienone is 6. The van der Waals surface area contributed by atoms with Crippen LogP contribution in [0.2, 0.25) is 0 Å². The molecule has 133 heavy (non-hydrogen) atoms. The van der Waals surface area contributed by atoms with E-state index in [-0.39, 0.29) is 109 Å². The smallest absolute Gasteiger partial charge is 0.320 e. The van der Waals surface area contributed by atoms with Crippen LogP contribution in [0.3, 0.4) is 0 Å². The third-order valence-electron chi connectivity index (χ3n) is 22.8. The van der Waals surface area contributed by atoms with Crippen LogP contribution in [0.5, 0.6) is 0 Å². The topological polar surface area (TPSA) is 545 Å². The van der Waals surface area contributed by atoms with E-state index in [0.29, 0.717) is 180 Å². The van der Waals surface area contributed by atoms with Gasteiger partial charge >= 0.3 is 11.9 Å². The maximum atomic E-state index is 14.4. The van der Waals surface area contributed by atoms with Gasteiger partial charge in [0.2, 0.25) is 41.1 Å². The molecule has 5 aromatic rings. The van der Waals surface area contributed by atoms with Crippen molar-refractivity contribution in [1.29, 1.82) is 0 Å². The number of anilines is 2. The molecule has 6 amide bonds. The summed E-state index contributed by atoms with van der Waals surface area (Å²) >= 11 is 0. The van der Waals surface area contributed by atoms with E-state index in [4.69, 9.17) is 55.6 Å². The molecule has 0 bridgehead atoms. The molecule has 730 valence electrons. The first kappa shape index (κ1) is 109. The zero-order valence-electron chi connectivity index (χ0n) is 77.2. The van der Waals surface area contributed by atoms with Crippen LogP contribution in [0.15, 0.2) is 137 Å². The largest absolute Gasteiger partial charge is 0.748 e. The third kappa shape index (κ3) is 36.9. The van der Waals surface area contributed by atoms with Gasteiger partial charge < -0.3 is 91.0 Å². The number of nitrogens with zero attached hydrogens (tertiary/aromatic N) is 9. The Hall–Kier alpha value is -10.7. The van der Waals surface area contributed by atoms with Crippen LogP contribution >= 0.6 is 0 Å². The zero-order chi connectivity index (χ0) is 96.8. The van der Waals surface area contributed by atoms with E-state index in [1.807, 2.05) is 118 Å². The van der Waals surface area contributed by atoms with Crippen molar-refractivity contribution < 1.29 is 108 Å². The first-order chi connectivity index (χ1) is 63.7. The predicted molar refractivity (Wildman–Crippen MR) is 501 cm³/mol. The summed E-state index contributed by atoms with van der Waals surface area (Å²) in [4.78, 5) is 103. The maximum absolute atomic E-state index is 14.4. The number of amides is 6. The third-order valence-corrected chi connectivity index (χ3v) is 24.5. The Kier molecular flexibility index (Phi) is 46.9. The number of hydrogen-bond donors (Lipinski definition) is 10. The van der Waals surface area contributed by atoms with Gasteiger partial charge in [0.05, 0.1) is 124 Å². The molecule has 40 heteroatoms. The van der Waals surface area contributed by atoms with Crippen LogP contribution in [0, 0.1) is 11.8 Å². The number of aliphatic carboxylic acids is 2. The summed E-state index contributed by atoms with van der Waals surface area (Å²) < 4.78 is 106. The Labute approximate surface area is 779 Å². The number of azide groups is 1. The number of carboxylic acid groups (broad SMARTS) is 2. The van der Waals surface area contributed by atoms with Crippen molar-refractivity contribution >= 4 is 90.4 Å². The monoisotopic (exact) mass is 1890 g/mol. The number of hydrogen-bond acceptors (Lipinski definition) is 25. The van der Waals surface area contributed by atoms with Crippen LogP contribution in [0.25, 0.3) is 33.0 Å². The van der Waals surface area contributed by atoms with Crippen molar-refractivity contribution in [2.45, 2.75) is 192 Å². The van der Waals surface area contributed by atoms with Gasteiger partial charge in [0, 0.05) is 146 Å². The molecule has 12 N–H and O–H groups in total. The van der Waals surface area contributed by atoms with Crippen LogP contribution in [0.4, 0.5) is 17.1 Å². The molecule has 3 aliphatic rings. The molecular formula is C93H134N16O22S2. The summed E-state index contributed by atoms with van der Waals surface area (Å²) in [5.41, 5.74) is 28.1. The number of benzene rings is 4. The molecule has 0 saturated heterocycles. The highest BCUT2D eigenvalue weighted by atomic mass is 32.2. The van der Waals surface area contributed by atoms with Gasteiger partial charge in [0.1, 0.15) is 24.3 Å². The Bertz CT molecular complexity index is 5050. The van der Waals surface area contributed by atoms with Gasteiger partial charge in [0.25, 0.3) is 10.1 Å². The zero-order valence-corrected chi connectivity index (χ0v) is 78.9. The van der Waals surface area contributed by atoms with Gasteiger partial charge in [0.15, 0.2) is 5.71 Å². The Balaban J connectivity index is 0.000000619. The van der Waals surface area contributed by atoms with Gasteiger partial charge in [-0.1, -0.05) is 136 Å². The number of rotatable bonds is 62. The Morgan fingerprint density at radius 3 is 1.71 bits per heavy atom. The minimum atomic E-state index is -4.49. The lowest BCUT2D eigenvalue weighted by Gasteiger charge is -2.29. The van der Waals surface area contributed by atoms with E-state index < -0.39 is 55.4 Å². The number of unbranched alkanes of at least 4 members (excludes halogenated alkanes) is 5. The van der Waals surface area contributed by atoms with Crippen LogP contribution < -0.4 is 47.9 Å². The SMILES string of the molecule is CC(CCCCNC(=O)CC[C@H](N)C(=O)O)C(=O)NCCOCCOCCOCCN=[N+]=[N-].CC(CCCCNC(=O)CC[C@H](N)C(=O)O)C(=O)NCCOCCOCCOCCn1nnc2c1-c1ccccc1N(C(=O)CCNC(=O)CCCCCC[N+]1=C(/C=C/C=C/C=C3\N(CCCS(=O)(=O)[O-])c4ccc(S(=O)(=O)O)cc4C3(C)C)C(C)(C)c3ccccc31)Cc1ccccc1-2. The lowest BCUT2D eigenvalue weighted by Crippen LogP contribution is -2.35. The number of nitrogens with one attached hydrogen (secondary N) is 5. The second kappa shape index (κ2) is 57.1. The molecule has 4 atom stereocenters. The van der Waals surface area contributed by atoms with Crippen molar-refractivity contribution in [3.8, 4) is 22.5 Å². The maximum Gasteiger partial charge on any atom is 0.320 e. The number of carboxylic acids is 2. The number of fused-ring (bicyclic) bond motifs is 7. The van der Waals surface area contributed by atoms with E-state index in [1.54, 1.807) is 15.6 Å². The first-order valence-electron chi connectivity index (χ1n) is 45.5. The molecule has 0 fully saturated rings. The summed E-state index contributed by atoms with van der Waals surface area (Å²) in [5, 5.41) is 44.3. The molecule has 4 heterocycles. The normalized spacial score (nSPS) is 14.8. The lowest BCUT2D eigenvalue weighted by molar-refractivity contribution is -0.438. The number of nitrogens with two attached hydrogens (primary N) is 2. The predicted octanol–water partition coefficient (Wildman–Crippen LogP) is 8.83. The van der Waals surface area contributed by atoms with E-state index in [0.717, 1.165) is 84.6 Å². The minimum Gasteiger partial charge on any atom is -0.748 e. The Morgan fingerprint density at radius 2 is 1.11 bits per heavy atom. The van der Waals surface area contributed by atoms with Crippen LogP contribution in [-0.2, 0) is 111 Å². The second-order valence-electron chi connectivity index (χ2n) is 33.6. The lowest BCUT2D eigenvalue weighted by atomic mass is 9.81. The number of carbonyl (C=O) groups is 8. The highest BCUT2D eigenvalue weighted by Crippen LogP contribution is 2.49. The van der Waals surface area contributed by atoms with Crippen molar-refractivity contribution in [3.05, 3.63) is 154 Å². The fourth-order valence-corrected chi connectivity index (χ4v) is 16.4. The fraction of sp³-hybridized carbons (Fsp3) is 0.559. The number of ether oxygens (including phenoxy) is 6. The average Bonchev–Trinajstić information content (AvgIpc) is 1.59. The van der Waals surface area contributed by atoms with Crippen molar-refractivity contribution in [2.75, 3.05) is 147 Å². The molecule has 4 aromatic carbocycles. The summed E-state index contributed by atoms with van der Waals surface area (Å²) in [7, 11) is -8.95. The van der Waals surface area contributed by atoms with Gasteiger partial charge in [-0.15, -0.1) is 5.10 Å². The molecule has 0 saturated carbocycles.